The first-order valence-electron chi connectivity index (χ1n) is 8.01. The van der Waals surface area contributed by atoms with Crippen LogP contribution in [0.2, 0.25) is 0 Å². The van der Waals surface area contributed by atoms with Crippen LogP contribution in [0.5, 0.6) is 0 Å². The number of carbonyl (C=O) groups excluding carboxylic acids is 2. The van der Waals surface area contributed by atoms with Gasteiger partial charge in [0, 0.05) is 24.1 Å². The van der Waals surface area contributed by atoms with Crippen LogP contribution in [-0.4, -0.2) is 50.9 Å². The SMILES string of the molecule is C=CCNC(=O)c1ccc(NC(=O)C2(S(C)(=O)=O)CCNCC2)cc1.Cl. The molecule has 3 N–H and O–H groups in total. The van der Waals surface area contributed by atoms with Gasteiger partial charge in [0.15, 0.2) is 14.6 Å². The average molecular weight is 402 g/mol. The maximum absolute atomic E-state index is 12.7. The molecule has 1 fully saturated rings. The van der Waals surface area contributed by atoms with Crippen LogP contribution in [-0.2, 0) is 14.6 Å². The number of sulfone groups is 1. The molecule has 1 aromatic rings. The molecule has 0 bridgehead atoms. The molecular formula is C17H24ClN3O4S. The van der Waals surface area contributed by atoms with E-state index in [1.54, 1.807) is 30.3 Å². The highest BCUT2D eigenvalue weighted by atomic mass is 35.5. The van der Waals surface area contributed by atoms with Crippen molar-refractivity contribution in [1.82, 2.24) is 10.6 Å². The van der Waals surface area contributed by atoms with Crippen LogP contribution < -0.4 is 16.0 Å². The molecule has 1 aliphatic heterocycles. The second-order valence-electron chi connectivity index (χ2n) is 6.05. The molecule has 0 aliphatic carbocycles. The van der Waals surface area contributed by atoms with E-state index in [0.29, 0.717) is 30.9 Å². The van der Waals surface area contributed by atoms with Gasteiger partial charge in [-0.1, -0.05) is 6.08 Å². The molecule has 0 unspecified atom stereocenters. The normalized spacial score (nSPS) is 16.0. The highest BCUT2D eigenvalue weighted by Crippen LogP contribution is 2.29. The van der Waals surface area contributed by atoms with Crippen molar-refractivity contribution in [2.75, 3.05) is 31.2 Å². The molecule has 144 valence electrons. The molecule has 1 aliphatic rings. The van der Waals surface area contributed by atoms with Crippen LogP contribution in [0.15, 0.2) is 36.9 Å². The zero-order valence-corrected chi connectivity index (χ0v) is 16.2. The lowest BCUT2D eigenvalue weighted by Crippen LogP contribution is -2.55. The van der Waals surface area contributed by atoms with Gasteiger partial charge < -0.3 is 16.0 Å². The van der Waals surface area contributed by atoms with Crippen molar-refractivity contribution in [1.29, 1.82) is 0 Å². The summed E-state index contributed by atoms with van der Waals surface area (Å²) < 4.78 is 23.0. The van der Waals surface area contributed by atoms with E-state index in [4.69, 9.17) is 0 Å². The molecule has 2 rings (SSSR count). The zero-order chi connectivity index (χ0) is 18.5. The molecule has 0 atom stereocenters. The standard InChI is InChI=1S/C17H23N3O4S.ClH/c1-3-10-19-15(21)13-4-6-14(7-5-13)20-16(22)17(25(2,23)24)8-11-18-12-9-17;/h3-7,18H,1,8-12H2,2H3,(H,19,21)(H,20,22);1H. The average Bonchev–Trinajstić information content (AvgIpc) is 2.60. The summed E-state index contributed by atoms with van der Waals surface area (Å²) in [6.45, 7) is 4.84. The number of carbonyl (C=O) groups is 2. The Labute approximate surface area is 160 Å². The molecule has 1 aromatic carbocycles. The summed E-state index contributed by atoms with van der Waals surface area (Å²) in [6.07, 6.45) is 3.15. The van der Waals surface area contributed by atoms with Gasteiger partial charge in [-0.25, -0.2) is 8.42 Å². The number of hydrogen-bond donors (Lipinski definition) is 3. The molecule has 0 radical (unpaired) electrons. The van der Waals surface area contributed by atoms with E-state index >= 15 is 0 Å². The number of rotatable bonds is 6. The van der Waals surface area contributed by atoms with Gasteiger partial charge in [0.2, 0.25) is 5.91 Å². The minimum atomic E-state index is -3.56. The van der Waals surface area contributed by atoms with Crippen molar-refractivity contribution in [3.8, 4) is 0 Å². The van der Waals surface area contributed by atoms with E-state index in [1.807, 2.05) is 0 Å². The van der Waals surface area contributed by atoms with Gasteiger partial charge in [0.25, 0.3) is 5.91 Å². The quantitative estimate of drug-likeness (QED) is 0.620. The van der Waals surface area contributed by atoms with E-state index in [0.717, 1.165) is 6.26 Å². The van der Waals surface area contributed by atoms with E-state index in [-0.39, 0.29) is 31.2 Å². The molecule has 26 heavy (non-hydrogen) atoms. The van der Waals surface area contributed by atoms with E-state index in [1.165, 1.54) is 0 Å². The summed E-state index contributed by atoms with van der Waals surface area (Å²) in [5.41, 5.74) is 0.895. The minimum absolute atomic E-state index is 0. The monoisotopic (exact) mass is 401 g/mol. The smallest absolute Gasteiger partial charge is 0.251 e. The summed E-state index contributed by atoms with van der Waals surface area (Å²) in [4.78, 5) is 24.5. The fourth-order valence-electron chi connectivity index (χ4n) is 2.81. The Kier molecular flexibility index (Phi) is 7.80. The highest BCUT2D eigenvalue weighted by Gasteiger charge is 2.48. The first-order chi connectivity index (χ1) is 11.8. The molecule has 0 saturated carbocycles. The Hall–Kier alpha value is -1.90. The lowest BCUT2D eigenvalue weighted by atomic mass is 9.95. The molecule has 2 amide bonds. The summed E-state index contributed by atoms with van der Waals surface area (Å²) in [5.74, 6) is -0.774. The van der Waals surface area contributed by atoms with Gasteiger partial charge >= 0.3 is 0 Å². The second kappa shape index (κ2) is 9.16. The Bertz CT molecular complexity index is 757. The third-order valence-corrected chi connectivity index (χ3v) is 6.36. The largest absolute Gasteiger partial charge is 0.349 e. The fraction of sp³-hybridized carbons (Fsp3) is 0.412. The van der Waals surface area contributed by atoms with Crippen molar-refractivity contribution < 1.29 is 18.0 Å². The van der Waals surface area contributed by atoms with Crippen LogP contribution in [0.3, 0.4) is 0 Å². The van der Waals surface area contributed by atoms with Crippen molar-refractivity contribution in [2.45, 2.75) is 17.6 Å². The van der Waals surface area contributed by atoms with Crippen LogP contribution in [0.4, 0.5) is 5.69 Å². The van der Waals surface area contributed by atoms with Gasteiger partial charge in [-0.15, -0.1) is 19.0 Å². The first kappa shape index (κ1) is 22.1. The van der Waals surface area contributed by atoms with E-state index in [2.05, 4.69) is 22.5 Å². The molecular weight excluding hydrogens is 378 g/mol. The highest BCUT2D eigenvalue weighted by molar-refractivity contribution is 7.92. The molecule has 0 spiro atoms. The number of amides is 2. The van der Waals surface area contributed by atoms with E-state index < -0.39 is 20.5 Å². The molecule has 9 heteroatoms. The van der Waals surface area contributed by atoms with Gasteiger partial charge in [-0.2, -0.15) is 0 Å². The molecule has 1 saturated heterocycles. The van der Waals surface area contributed by atoms with E-state index in [9.17, 15) is 18.0 Å². The van der Waals surface area contributed by atoms with Crippen LogP contribution in [0.25, 0.3) is 0 Å². The summed E-state index contributed by atoms with van der Waals surface area (Å²) in [7, 11) is -3.56. The summed E-state index contributed by atoms with van der Waals surface area (Å²) >= 11 is 0. The van der Waals surface area contributed by atoms with Crippen LogP contribution in [0.1, 0.15) is 23.2 Å². The van der Waals surface area contributed by atoms with Crippen molar-refractivity contribution in [3.63, 3.8) is 0 Å². The maximum atomic E-state index is 12.7. The number of nitrogens with one attached hydrogen (secondary N) is 3. The lowest BCUT2D eigenvalue weighted by Gasteiger charge is -2.34. The first-order valence-corrected chi connectivity index (χ1v) is 9.90. The van der Waals surface area contributed by atoms with Gasteiger partial charge in [0.05, 0.1) is 0 Å². The Morgan fingerprint density at radius 3 is 2.31 bits per heavy atom. The third kappa shape index (κ3) is 4.84. The van der Waals surface area contributed by atoms with Crippen molar-refractivity contribution in [2.24, 2.45) is 0 Å². The minimum Gasteiger partial charge on any atom is -0.349 e. The number of piperidine rings is 1. The van der Waals surface area contributed by atoms with Crippen LogP contribution in [0, 0.1) is 0 Å². The molecule has 7 nitrogen and oxygen atoms in total. The Morgan fingerprint density at radius 1 is 1.23 bits per heavy atom. The van der Waals surface area contributed by atoms with Crippen molar-refractivity contribution in [3.05, 3.63) is 42.5 Å². The predicted molar refractivity (Wildman–Crippen MR) is 105 cm³/mol. The summed E-state index contributed by atoms with van der Waals surface area (Å²) in [5, 5.41) is 8.40. The number of halogens is 1. The van der Waals surface area contributed by atoms with Gasteiger partial charge in [-0.05, 0) is 50.2 Å². The van der Waals surface area contributed by atoms with Crippen LogP contribution >= 0.6 is 12.4 Å². The second-order valence-corrected chi connectivity index (χ2v) is 8.37. The van der Waals surface area contributed by atoms with Gasteiger partial charge in [-0.3, -0.25) is 9.59 Å². The topological polar surface area (TPSA) is 104 Å². The summed E-state index contributed by atoms with van der Waals surface area (Å²) in [6, 6.07) is 6.31. The Balaban J connectivity index is 0.00000338. The maximum Gasteiger partial charge on any atom is 0.251 e. The Morgan fingerprint density at radius 2 is 1.81 bits per heavy atom. The van der Waals surface area contributed by atoms with Crippen molar-refractivity contribution >= 4 is 39.7 Å². The predicted octanol–water partition coefficient (Wildman–Crippen LogP) is 1.13. The number of benzene rings is 1. The number of anilines is 1. The number of hydrogen-bond acceptors (Lipinski definition) is 5. The van der Waals surface area contributed by atoms with Gasteiger partial charge in [0.1, 0.15) is 0 Å². The molecule has 1 heterocycles. The lowest BCUT2D eigenvalue weighted by molar-refractivity contribution is -0.119. The third-order valence-electron chi connectivity index (χ3n) is 4.35. The fourth-order valence-corrected chi connectivity index (χ4v) is 4.15. The molecule has 0 aromatic heterocycles. The zero-order valence-electron chi connectivity index (χ0n) is 14.6.